The minimum absolute atomic E-state index is 0.187. The van der Waals surface area contributed by atoms with E-state index in [-0.39, 0.29) is 6.10 Å². The number of unbranched alkanes of at least 4 members (excludes halogenated alkanes) is 3. The molecule has 17 heavy (non-hydrogen) atoms. The minimum atomic E-state index is -0.187. The van der Waals surface area contributed by atoms with E-state index in [0.29, 0.717) is 0 Å². The molecule has 0 radical (unpaired) electrons. The molecule has 1 N–H and O–H groups in total. The van der Waals surface area contributed by atoms with Gasteiger partial charge in [-0.05, 0) is 30.7 Å². The third kappa shape index (κ3) is 6.97. The van der Waals surface area contributed by atoms with Gasteiger partial charge in [0.15, 0.2) is 0 Å². The molecule has 1 unspecified atom stereocenters. The first kappa shape index (κ1) is 14.9. The molecular formula is C14H21ClOS. The second-order valence-electron chi connectivity index (χ2n) is 4.27. The topological polar surface area (TPSA) is 20.2 Å². The maximum absolute atomic E-state index is 9.82. The molecule has 3 heteroatoms. The van der Waals surface area contributed by atoms with E-state index in [1.54, 1.807) is 11.8 Å². The summed E-state index contributed by atoms with van der Waals surface area (Å²) in [6, 6.07) is 7.77. The zero-order chi connectivity index (χ0) is 12.5. The van der Waals surface area contributed by atoms with Gasteiger partial charge in [0.25, 0.3) is 0 Å². The van der Waals surface area contributed by atoms with E-state index in [9.17, 15) is 5.11 Å². The lowest BCUT2D eigenvalue weighted by molar-refractivity contribution is 0.185. The van der Waals surface area contributed by atoms with Crippen LogP contribution in [0.5, 0.6) is 0 Å². The Morgan fingerprint density at radius 1 is 1.18 bits per heavy atom. The fourth-order valence-corrected chi connectivity index (χ4v) is 2.62. The van der Waals surface area contributed by atoms with Gasteiger partial charge in [0.1, 0.15) is 0 Å². The fourth-order valence-electron chi connectivity index (χ4n) is 1.61. The van der Waals surface area contributed by atoms with E-state index >= 15 is 0 Å². The Bertz CT molecular complexity index is 300. The summed E-state index contributed by atoms with van der Waals surface area (Å²) in [5.74, 6) is 0.772. The lowest BCUT2D eigenvalue weighted by Crippen LogP contribution is -2.09. The van der Waals surface area contributed by atoms with E-state index in [2.05, 4.69) is 6.92 Å². The molecule has 0 heterocycles. The summed E-state index contributed by atoms with van der Waals surface area (Å²) in [7, 11) is 0. The van der Waals surface area contributed by atoms with Crippen molar-refractivity contribution in [1.82, 2.24) is 0 Å². The van der Waals surface area contributed by atoms with Crippen LogP contribution >= 0.6 is 23.4 Å². The van der Waals surface area contributed by atoms with Gasteiger partial charge in [-0.15, -0.1) is 11.8 Å². The normalized spacial score (nSPS) is 12.6. The van der Waals surface area contributed by atoms with E-state index in [1.807, 2.05) is 24.3 Å². The zero-order valence-electron chi connectivity index (χ0n) is 10.4. The fraction of sp³-hybridized carbons (Fsp3) is 0.571. The molecule has 1 nitrogen and oxygen atoms in total. The third-order valence-electron chi connectivity index (χ3n) is 2.65. The molecule has 1 atom stereocenters. The van der Waals surface area contributed by atoms with E-state index in [1.165, 1.54) is 24.2 Å². The highest BCUT2D eigenvalue weighted by atomic mass is 35.5. The highest BCUT2D eigenvalue weighted by molar-refractivity contribution is 7.99. The average molecular weight is 273 g/mol. The largest absolute Gasteiger partial charge is 0.392 e. The molecule has 0 spiro atoms. The summed E-state index contributed by atoms with van der Waals surface area (Å²) >= 11 is 7.51. The van der Waals surface area contributed by atoms with Crippen LogP contribution in [0.25, 0.3) is 0 Å². The molecule has 1 aromatic rings. The van der Waals surface area contributed by atoms with Crippen molar-refractivity contribution in [2.75, 3.05) is 5.75 Å². The smallest absolute Gasteiger partial charge is 0.0634 e. The third-order valence-corrected chi connectivity index (χ3v) is 4.06. The van der Waals surface area contributed by atoms with Crippen molar-refractivity contribution < 1.29 is 5.11 Å². The molecule has 1 rings (SSSR count). The highest BCUT2D eigenvalue weighted by Crippen LogP contribution is 2.22. The molecule has 1 aromatic carbocycles. The first-order valence-electron chi connectivity index (χ1n) is 6.28. The Morgan fingerprint density at radius 2 is 1.88 bits per heavy atom. The van der Waals surface area contributed by atoms with Gasteiger partial charge in [0, 0.05) is 15.7 Å². The van der Waals surface area contributed by atoms with Crippen LogP contribution in [0, 0.1) is 0 Å². The standard InChI is InChI=1S/C14H21ClOS/c1-2-3-4-5-6-13(16)11-17-14-9-7-12(15)8-10-14/h7-10,13,16H,2-6,11H2,1H3. The van der Waals surface area contributed by atoms with Gasteiger partial charge in [0.2, 0.25) is 0 Å². The summed E-state index contributed by atoms with van der Waals surface area (Å²) in [4.78, 5) is 1.17. The number of benzene rings is 1. The van der Waals surface area contributed by atoms with Crippen molar-refractivity contribution in [1.29, 1.82) is 0 Å². The lowest BCUT2D eigenvalue weighted by Gasteiger charge is -2.09. The number of aliphatic hydroxyl groups is 1. The number of thioether (sulfide) groups is 1. The van der Waals surface area contributed by atoms with Gasteiger partial charge >= 0.3 is 0 Å². The Hall–Kier alpha value is -0.180. The summed E-state index contributed by atoms with van der Waals surface area (Å²) in [5.41, 5.74) is 0. The predicted octanol–water partition coefficient (Wildman–Crippen LogP) is 4.76. The van der Waals surface area contributed by atoms with Crippen LogP contribution < -0.4 is 0 Å². The quantitative estimate of drug-likeness (QED) is 0.544. The molecule has 0 saturated carbocycles. The van der Waals surface area contributed by atoms with Crippen molar-refractivity contribution in [3.8, 4) is 0 Å². The van der Waals surface area contributed by atoms with Crippen molar-refractivity contribution in [3.05, 3.63) is 29.3 Å². The molecule has 0 aliphatic heterocycles. The second kappa shape index (κ2) is 8.84. The first-order chi connectivity index (χ1) is 8.22. The van der Waals surface area contributed by atoms with Crippen LogP contribution in [0.4, 0.5) is 0 Å². The molecule has 0 aliphatic carbocycles. The average Bonchev–Trinajstić information content (AvgIpc) is 2.34. The minimum Gasteiger partial charge on any atom is -0.392 e. The van der Waals surface area contributed by atoms with Gasteiger partial charge in [-0.1, -0.05) is 44.2 Å². The van der Waals surface area contributed by atoms with Crippen LogP contribution in [-0.4, -0.2) is 17.0 Å². The summed E-state index contributed by atoms with van der Waals surface area (Å²) in [5, 5.41) is 10.6. The van der Waals surface area contributed by atoms with Crippen molar-refractivity contribution in [2.45, 2.75) is 50.0 Å². The van der Waals surface area contributed by atoms with Crippen LogP contribution in [0.1, 0.15) is 39.0 Å². The van der Waals surface area contributed by atoms with Crippen molar-refractivity contribution in [2.24, 2.45) is 0 Å². The van der Waals surface area contributed by atoms with Crippen LogP contribution in [-0.2, 0) is 0 Å². The van der Waals surface area contributed by atoms with Gasteiger partial charge in [-0.3, -0.25) is 0 Å². The van der Waals surface area contributed by atoms with Crippen molar-refractivity contribution >= 4 is 23.4 Å². The van der Waals surface area contributed by atoms with Crippen molar-refractivity contribution in [3.63, 3.8) is 0 Å². The maximum atomic E-state index is 9.82. The Morgan fingerprint density at radius 3 is 2.53 bits per heavy atom. The number of hydrogen-bond acceptors (Lipinski definition) is 2. The van der Waals surface area contributed by atoms with E-state index in [0.717, 1.165) is 23.6 Å². The highest BCUT2D eigenvalue weighted by Gasteiger charge is 2.04. The molecule has 0 fully saturated rings. The SMILES string of the molecule is CCCCCCC(O)CSc1ccc(Cl)cc1. The Kier molecular flexibility index (Phi) is 7.74. The molecule has 0 amide bonds. The molecule has 0 saturated heterocycles. The predicted molar refractivity (Wildman–Crippen MR) is 76.9 cm³/mol. The maximum Gasteiger partial charge on any atom is 0.0634 e. The lowest BCUT2D eigenvalue weighted by atomic mass is 10.1. The molecular weight excluding hydrogens is 252 g/mol. The van der Waals surface area contributed by atoms with Crippen LogP contribution in [0.15, 0.2) is 29.2 Å². The monoisotopic (exact) mass is 272 g/mol. The number of halogens is 1. The first-order valence-corrected chi connectivity index (χ1v) is 7.65. The second-order valence-corrected chi connectivity index (χ2v) is 5.80. The van der Waals surface area contributed by atoms with E-state index < -0.39 is 0 Å². The van der Waals surface area contributed by atoms with E-state index in [4.69, 9.17) is 11.6 Å². The molecule has 0 bridgehead atoms. The van der Waals surface area contributed by atoms with Crippen LogP contribution in [0.3, 0.4) is 0 Å². The summed E-state index contributed by atoms with van der Waals surface area (Å²) in [6.07, 6.45) is 5.62. The number of rotatable bonds is 8. The molecule has 0 aromatic heterocycles. The molecule has 0 aliphatic rings. The Balaban J connectivity index is 2.14. The van der Waals surface area contributed by atoms with Gasteiger partial charge in [0.05, 0.1) is 6.10 Å². The molecule has 96 valence electrons. The van der Waals surface area contributed by atoms with Gasteiger partial charge in [-0.2, -0.15) is 0 Å². The number of aliphatic hydroxyl groups excluding tert-OH is 1. The summed E-state index contributed by atoms with van der Waals surface area (Å²) in [6.45, 7) is 2.20. The van der Waals surface area contributed by atoms with Gasteiger partial charge in [-0.25, -0.2) is 0 Å². The number of hydrogen-bond donors (Lipinski definition) is 1. The Labute approximate surface area is 114 Å². The zero-order valence-corrected chi connectivity index (χ0v) is 11.9. The van der Waals surface area contributed by atoms with Gasteiger partial charge < -0.3 is 5.11 Å². The summed E-state index contributed by atoms with van der Waals surface area (Å²) < 4.78 is 0. The van der Waals surface area contributed by atoms with Crippen LogP contribution in [0.2, 0.25) is 5.02 Å².